The van der Waals surface area contributed by atoms with Crippen molar-refractivity contribution in [2.45, 2.75) is 6.92 Å². The Bertz CT molecular complexity index is 1540. The molecule has 3 aromatic heterocycles. The molecule has 0 radical (unpaired) electrons. The molecule has 0 unspecified atom stereocenters. The molecule has 5 aromatic rings. The third-order valence-electron chi connectivity index (χ3n) is 6.22. The van der Waals surface area contributed by atoms with Gasteiger partial charge in [-0.25, -0.2) is 14.6 Å². The number of para-hydroxylation sites is 1. The first-order chi connectivity index (χ1) is 16.6. The molecule has 7 nitrogen and oxygen atoms in total. The number of pyridine rings is 1. The van der Waals surface area contributed by atoms with Crippen LogP contribution in [0.3, 0.4) is 0 Å². The van der Waals surface area contributed by atoms with Gasteiger partial charge in [0.25, 0.3) is 5.91 Å². The lowest BCUT2D eigenvalue weighted by molar-refractivity contribution is 0.0746. The lowest BCUT2D eigenvalue weighted by Gasteiger charge is -2.34. The van der Waals surface area contributed by atoms with Gasteiger partial charge in [-0.15, -0.1) is 0 Å². The largest absolute Gasteiger partial charge is 0.345 e. The molecule has 0 aliphatic carbocycles. The van der Waals surface area contributed by atoms with Crippen molar-refractivity contribution in [3.8, 4) is 5.82 Å². The minimum atomic E-state index is 0.000251. The molecule has 6 rings (SSSR count). The molecule has 2 aromatic carbocycles. The number of nitrogens with zero attached hydrogens (tertiary/aromatic N) is 6. The van der Waals surface area contributed by atoms with E-state index in [0.29, 0.717) is 29.5 Å². The van der Waals surface area contributed by atoms with Crippen molar-refractivity contribution in [2.75, 3.05) is 31.1 Å². The van der Waals surface area contributed by atoms with Gasteiger partial charge in [-0.3, -0.25) is 4.79 Å². The van der Waals surface area contributed by atoms with E-state index in [9.17, 15) is 4.79 Å². The van der Waals surface area contributed by atoms with Gasteiger partial charge in [0, 0.05) is 36.6 Å². The maximum atomic E-state index is 13.3. The van der Waals surface area contributed by atoms with Gasteiger partial charge in [-0.2, -0.15) is 5.10 Å². The van der Waals surface area contributed by atoms with E-state index in [1.54, 1.807) is 22.2 Å². The summed E-state index contributed by atoms with van der Waals surface area (Å²) in [6.45, 7) is 4.65. The van der Waals surface area contributed by atoms with E-state index < -0.39 is 0 Å². The molecule has 1 saturated heterocycles. The Morgan fingerprint density at radius 1 is 0.971 bits per heavy atom. The second-order valence-corrected chi connectivity index (χ2v) is 9.75. The molecule has 9 heteroatoms. The van der Waals surface area contributed by atoms with Gasteiger partial charge in [0.05, 0.1) is 33.2 Å². The Balaban J connectivity index is 1.18. The highest BCUT2D eigenvalue weighted by Gasteiger charge is 2.26. The van der Waals surface area contributed by atoms with Gasteiger partial charge in [0.15, 0.2) is 10.9 Å². The summed E-state index contributed by atoms with van der Waals surface area (Å²) in [7, 11) is 0. The third-order valence-corrected chi connectivity index (χ3v) is 7.53. The van der Waals surface area contributed by atoms with Crippen molar-refractivity contribution < 1.29 is 4.79 Å². The predicted molar refractivity (Wildman–Crippen MR) is 136 cm³/mol. The maximum Gasteiger partial charge on any atom is 0.257 e. The van der Waals surface area contributed by atoms with Gasteiger partial charge in [0.2, 0.25) is 0 Å². The van der Waals surface area contributed by atoms with Gasteiger partial charge in [0.1, 0.15) is 0 Å². The maximum absolute atomic E-state index is 13.3. The number of benzene rings is 2. The van der Waals surface area contributed by atoms with Gasteiger partial charge >= 0.3 is 0 Å². The summed E-state index contributed by atoms with van der Waals surface area (Å²) in [6, 6.07) is 17.7. The quantitative estimate of drug-likeness (QED) is 0.359. The smallest absolute Gasteiger partial charge is 0.257 e. The lowest BCUT2D eigenvalue weighted by Crippen LogP contribution is -2.48. The van der Waals surface area contributed by atoms with E-state index in [4.69, 9.17) is 21.6 Å². The number of carbonyl (C=O) groups is 1. The monoisotopic (exact) mass is 488 g/mol. The first kappa shape index (κ1) is 21.1. The molecule has 0 bridgehead atoms. The summed E-state index contributed by atoms with van der Waals surface area (Å²) < 4.78 is 2.81. The number of carbonyl (C=O) groups excluding carboxylic acids is 1. The SMILES string of the molecule is Cc1c(C(=O)N2CCN(c3nc4ccc(Cl)cc4s3)CC2)cnn1-c1ccc2ccccc2n1. The van der Waals surface area contributed by atoms with Crippen LogP contribution in [0.1, 0.15) is 16.1 Å². The molecular weight excluding hydrogens is 468 g/mol. The Labute approximate surface area is 205 Å². The molecule has 0 atom stereocenters. The number of aromatic nitrogens is 4. The lowest BCUT2D eigenvalue weighted by atomic mass is 10.2. The number of hydrogen-bond acceptors (Lipinski definition) is 6. The van der Waals surface area contributed by atoms with Crippen molar-refractivity contribution in [3.05, 3.63) is 77.1 Å². The number of anilines is 1. The average molecular weight is 489 g/mol. The summed E-state index contributed by atoms with van der Waals surface area (Å²) in [6.07, 6.45) is 1.65. The van der Waals surface area contributed by atoms with Crippen LogP contribution in [0.15, 0.2) is 60.8 Å². The molecule has 1 amide bonds. The second kappa shape index (κ2) is 8.38. The van der Waals surface area contributed by atoms with Gasteiger partial charge < -0.3 is 9.80 Å². The first-order valence-corrected chi connectivity index (χ1v) is 12.3. The number of rotatable bonds is 3. The molecule has 1 aliphatic heterocycles. The number of thiazole rings is 1. The van der Waals surface area contributed by atoms with Crippen molar-refractivity contribution in [1.82, 2.24) is 24.6 Å². The fourth-order valence-corrected chi connectivity index (χ4v) is 5.61. The van der Waals surface area contributed by atoms with Crippen LogP contribution in [0.25, 0.3) is 26.9 Å². The fraction of sp³-hybridized carbons (Fsp3) is 0.200. The minimum Gasteiger partial charge on any atom is -0.345 e. The van der Waals surface area contributed by atoms with Crippen LogP contribution in [-0.4, -0.2) is 56.7 Å². The van der Waals surface area contributed by atoms with Crippen molar-refractivity contribution in [2.24, 2.45) is 0 Å². The van der Waals surface area contributed by atoms with Crippen LogP contribution in [-0.2, 0) is 0 Å². The van der Waals surface area contributed by atoms with Gasteiger partial charge in [-0.05, 0) is 43.3 Å². The molecule has 4 heterocycles. The summed E-state index contributed by atoms with van der Waals surface area (Å²) in [4.78, 5) is 26.9. The van der Waals surface area contributed by atoms with Crippen molar-refractivity contribution in [1.29, 1.82) is 0 Å². The fourth-order valence-electron chi connectivity index (χ4n) is 4.32. The summed E-state index contributed by atoms with van der Waals surface area (Å²) in [5.41, 5.74) is 3.25. The number of amides is 1. The highest BCUT2D eigenvalue weighted by Crippen LogP contribution is 2.31. The van der Waals surface area contributed by atoms with Crippen LogP contribution in [0.4, 0.5) is 5.13 Å². The third kappa shape index (κ3) is 3.69. The van der Waals surface area contributed by atoms with E-state index in [2.05, 4.69) is 10.00 Å². The standard InChI is InChI=1S/C25H21ClN6OS/c1-16-19(15-27-32(16)23-9-6-17-4-2-3-5-20(17)28-23)24(33)30-10-12-31(13-11-30)25-29-21-8-7-18(26)14-22(21)34-25/h2-9,14-15H,10-13H2,1H3. The van der Waals surface area contributed by atoms with Crippen LogP contribution in [0, 0.1) is 6.92 Å². The molecular formula is C25H21ClN6OS. The zero-order valence-electron chi connectivity index (χ0n) is 18.5. The van der Waals surface area contributed by atoms with Crippen molar-refractivity contribution in [3.63, 3.8) is 0 Å². The molecule has 0 spiro atoms. The minimum absolute atomic E-state index is 0.000251. The number of piperazine rings is 1. The first-order valence-electron chi connectivity index (χ1n) is 11.1. The molecule has 170 valence electrons. The number of halogens is 1. The van der Waals surface area contributed by atoms with E-state index in [-0.39, 0.29) is 5.91 Å². The normalized spacial score (nSPS) is 14.3. The molecule has 0 N–H and O–H groups in total. The summed E-state index contributed by atoms with van der Waals surface area (Å²) >= 11 is 7.75. The van der Waals surface area contributed by atoms with Crippen LogP contribution < -0.4 is 4.90 Å². The molecule has 1 aliphatic rings. The highest BCUT2D eigenvalue weighted by molar-refractivity contribution is 7.22. The Morgan fingerprint density at radius 3 is 2.65 bits per heavy atom. The summed E-state index contributed by atoms with van der Waals surface area (Å²) in [5, 5.41) is 7.23. The molecule has 1 fully saturated rings. The zero-order chi connectivity index (χ0) is 23.2. The zero-order valence-corrected chi connectivity index (χ0v) is 20.1. The highest BCUT2D eigenvalue weighted by atomic mass is 35.5. The van der Waals surface area contributed by atoms with E-state index >= 15 is 0 Å². The number of hydrogen-bond donors (Lipinski definition) is 0. The predicted octanol–water partition coefficient (Wildman–Crippen LogP) is 4.95. The Morgan fingerprint density at radius 2 is 1.79 bits per heavy atom. The van der Waals surface area contributed by atoms with E-state index in [1.165, 1.54) is 0 Å². The Hall–Kier alpha value is -3.49. The van der Waals surface area contributed by atoms with Crippen molar-refractivity contribution >= 4 is 55.1 Å². The topological polar surface area (TPSA) is 67.2 Å². The van der Waals surface area contributed by atoms with Gasteiger partial charge in [-0.1, -0.05) is 41.1 Å². The van der Waals surface area contributed by atoms with E-state index in [0.717, 1.165) is 45.0 Å². The van der Waals surface area contributed by atoms with Crippen LogP contribution in [0.2, 0.25) is 5.02 Å². The molecule has 0 saturated carbocycles. The summed E-state index contributed by atoms with van der Waals surface area (Å²) in [5.74, 6) is 0.705. The van der Waals surface area contributed by atoms with Crippen LogP contribution in [0.5, 0.6) is 0 Å². The Kier molecular flexibility index (Phi) is 5.19. The average Bonchev–Trinajstić information content (AvgIpc) is 3.46. The second-order valence-electron chi connectivity index (χ2n) is 8.31. The molecule has 34 heavy (non-hydrogen) atoms. The van der Waals surface area contributed by atoms with Crippen LogP contribution >= 0.6 is 22.9 Å². The number of fused-ring (bicyclic) bond motifs is 2. The van der Waals surface area contributed by atoms with E-state index in [1.807, 2.05) is 66.4 Å².